The maximum absolute atomic E-state index is 12.0. The number of nitrogens with one attached hydrogen (secondary N) is 1. The van der Waals surface area contributed by atoms with Crippen LogP contribution in [0.4, 0.5) is 13.2 Å². The van der Waals surface area contributed by atoms with Crippen LogP contribution in [0.3, 0.4) is 0 Å². The van der Waals surface area contributed by atoms with E-state index in [1.54, 1.807) is 0 Å². The molecule has 0 aliphatic heterocycles. The van der Waals surface area contributed by atoms with Gasteiger partial charge in [0.1, 0.15) is 5.75 Å². The monoisotopic (exact) mass is 341 g/mol. The summed E-state index contributed by atoms with van der Waals surface area (Å²) in [5.41, 5.74) is 10.9. The van der Waals surface area contributed by atoms with E-state index < -0.39 is 24.2 Å². The van der Waals surface area contributed by atoms with E-state index in [-0.39, 0.29) is 31.1 Å². The number of benzene rings is 1. The molecule has 0 radical (unpaired) electrons. The second-order valence-electron chi connectivity index (χ2n) is 4.19. The van der Waals surface area contributed by atoms with E-state index >= 15 is 0 Å². The van der Waals surface area contributed by atoms with E-state index in [1.807, 2.05) is 0 Å². The van der Waals surface area contributed by atoms with Gasteiger partial charge in [-0.25, -0.2) is 0 Å². The van der Waals surface area contributed by atoms with Gasteiger partial charge in [0, 0.05) is 6.54 Å². The molecule has 1 unspecified atom stereocenters. The molecule has 0 saturated heterocycles. The molecular formula is C12H15ClF3N3O3. The average molecular weight is 342 g/mol. The van der Waals surface area contributed by atoms with Crippen molar-refractivity contribution in [2.24, 2.45) is 11.5 Å². The molecule has 1 aromatic carbocycles. The molecule has 1 aromatic rings. The van der Waals surface area contributed by atoms with Crippen LogP contribution in [0.1, 0.15) is 12.0 Å². The van der Waals surface area contributed by atoms with Crippen LogP contribution in [0.15, 0.2) is 24.3 Å². The molecule has 22 heavy (non-hydrogen) atoms. The van der Waals surface area contributed by atoms with Crippen molar-refractivity contribution in [1.82, 2.24) is 5.32 Å². The van der Waals surface area contributed by atoms with Gasteiger partial charge in [-0.1, -0.05) is 12.1 Å². The van der Waals surface area contributed by atoms with Crippen molar-refractivity contribution >= 4 is 24.2 Å². The zero-order chi connectivity index (χ0) is 16.0. The van der Waals surface area contributed by atoms with Crippen LogP contribution in [-0.4, -0.2) is 24.2 Å². The number of amides is 2. The number of nitrogens with two attached hydrogens (primary N) is 2. The summed E-state index contributed by atoms with van der Waals surface area (Å²) >= 11 is 0. The third-order valence-electron chi connectivity index (χ3n) is 2.38. The molecule has 0 aliphatic carbocycles. The Labute approximate surface area is 130 Å². The third kappa shape index (κ3) is 7.70. The molecule has 2 amide bonds. The Balaban J connectivity index is 0.00000441. The fraction of sp³-hybridized carbons (Fsp3) is 0.333. The summed E-state index contributed by atoms with van der Waals surface area (Å²) < 4.78 is 39.6. The van der Waals surface area contributed by atoms with Gasteiger partial charge in [-0.2, -0.15) is 0 Å². The van der Waals surface area contributed by atoms with E-state index in [4.69, 9.17) is 11.5 Å². The molecule has 0 aromatic heterocycles. The Morgan fingerprint density at radius 3 is 2.23 bits per heavy atom. The molecule has 10 heteroatoms. The van der Waals surface area contributed by atoms with Gasteiger partial charge in [0.05, 0.1) is 12.5 Å². The number of hydrogen-bond acceptors (Lipinski definition) is 4. The number of alkyl halides is 3. The highest BCUT2D eigenvalue weighted by Gasteiger charge is 2.30. The first kappa shape index (κ1) is 20.0. The fourth-order valence-corrected chi connectivity index (χ4v) is 1.44. The molecule has 0 aliphatic rings. The molecule has 124 valence electrons. The largest absolute Gasteiger partial charge is 0.573 e. The second-order valence-corrected chi connectivity index (χ2v) is 4.19. The zero-order valence-electron chi connectivity index (χ0n) is 11.2. The van der Waals surface area contributed by atoms with Crippen LogP contribution in [0.2, 0.25) is 0 Å². The highest BCUT2D eigenvalue weighted by atomic mass is 35.5. The Morgan fingerprint density at radius 2 is 1.77 bits per heavy atom. The smallest absolute Gasteiger partial charge is 0.406 e. The first-order chi connectivity index (χ1) is 9.67. The van der Waals surface area contributed by atoms with Gasteiger partial charge in [-0.3, -0.25) is 9.59 Å². The van der Waals surface area contributed by atoms with Crippen LogP contribution in [0.5, 0.6) is 5.75 Å². The standard InChI is InChI=1S/C12H14F3N3O3.ClH/c13-12(14,15)21-8-3-1-7(2-4-8)6-18-11(20)9(16)5-10(17)19;/h1-4,9H,5-6,16H2,(H2,17,19)(H,18,20);1H. The van der Waals surface area contributed by atoms with Crippen molar-refractivity contribution < 1.29 is 27.5 Å². The minimum Gasteiger partial charge on any atom is -0.406 e. The molecule has 0 fully saturated rings. The van der Waals surface area contributed by atoms with Crippen molar-refractivity contribution in [3.8, 4) is 5.75 Å². The maximum Gasteiger partial charge on any atom is 0.573 e. The van der Waals surface area contributed by atoms with Crippen molar-refractivity contribution in [3.05, 3.63) is 29.8 Å². The number of carbonyl (C=O) groups is 2. The summed E-state index contributed by atoms with van der Waals surface area (Å²) in [7, 11) is 0. The van der Waals surface area contributed by atoms with Crippen molar-refractivity contribution in [2.45, 2.75) is 25.4 Å². The Kier molecular flexibility index (Phi) is 7.68. The molecule has 6 nitrogen and oxygen atoms in total. The van der Waals surface area contributed by atoms with Gasteiger partial charge in [0.15, 0.2) is 0 Å². The van der Waals surface area contributed by atoms with E-state index in [2.05, 4.69) is 10.1 Å². The van der Waals surface area contributed by atoms with Crippen molar-refractivity contribution in [1.29, 1.82) is 0 Å². The Hall–Kier alpha value is -2.00. The maximum atomic E-state index is 12.0. The van der Waals surface area contributed by atoms with Crippen molar-refractivity contribution in [3.63, 3.8) is 0 Å². The molecule has 1 rings (SSSR count). The second kappa shape index (κ2) is 8.44. The Bertz CT molecular complexity index is 509. The molecule has 1 atom stereocenters. The predicted octanol–water partition coefficient (Wildman–Crippen LogP) is 0.826. The first-order valence-electron chi connectivity index (χ1n) is 5.83. The van der Waals surface area contributed by atoms with Crippen LogP contribution in [0.25, 0.3) is 0 Å². The first-order valence-corrected chi connectivity index (χ1v) is 5.83. The minimum absolute atomic E-state index is 0. The van der Waals surface area contributed by atoms with E-state index in [0.29, 0.717) is 5.56 Å². The topological polar surface area (TPSA) is 107 Å². The third-order valence-corrected chi connectivity index (χ3v) is 2.38. The summed E-state index contributed by atoms with van der Waals surface area (Å²) in [6, 6.07) is 3.91. The Morgan fingerprint density at radius 1 is 1.23 bits per heavy atom. The number of hydrogen-bond donors (Lipinski definition) is 3. The van der Waals surface area contributed by atoms with Gasteiger partial charge < -0.3 is 21.5 Å². The number of carbonyl (C=O) groups excluding carboxylic acids is 2. The number of halogens is 4. The van der Waals surface area contributed by atoms with Crippen LogP contribution >= 0.6 is 12.4 Å². The molecule has 0 saturated carbocycles. The normalized spacial score (nSPS) is 12.0. The van der Waals surface area contributed by atoms with E-state index in [9.17, 15) is 22.8 Å². The lowest BCUT2D eigenvalue weighted by atomic mass is 10.2. The lowest BCUT2D eigenvalue weighted by Crippen LogP contribution is -2.42. The molecule has 0 spiro atoms. The average Bonchev–Trinajstić information content (AvgIpc) is 2.35. The van der Waals surface area contributed by atoms with Crippen molar-refractivity contribution in [2.75, 3.05) is 0 Å². The van der Waals surface area contributed by atoms with Crippen LogP contribution in [0, 0.1) is 0 Å². The number of ether oxygens (including phenoxy) is 1. The molecular weight excluding hydrogens is 327 g/mol. The lowest BCUT2D eigenvalue weighted by molar-refractivity contribution is -0.274. The predicted molar refractivity (Wildman–Crippen MR) is 74.0 cm³/mol. The summed E-state index contributed by atoms with van der Waals surface area (Å²) in [6.07, 6.45) is -5.04. The summed E-state index contributed by atoms with van der Waals surface area (Å²) in [5, 5.41) is 2.44. The minimum atomic E-state index is -4.75. The van der Waals surface area contributed by atoms with Crippen LogP contribution in [-0.2, 0) is 16.1 Å². The van der Waals surface area contributed by atoms with Gasteiger partial charge in [0.2, 0.25) is 11.8 Å². The lowest BCUT2D eigenvalue weighted by Gasteiger charge is -2.11. The number of primary amides is 1. The molecule has 0 bridgehead atoms. The highest BCUT2D eigenvalue weighted by molar-refractivity contribution is 5.87. The fourth-order valence-electron chi connectivity index (χ4n) is 1.44. The SMILES string of the molecule is Cl.NC(=O)CC(N)C(=O)NCc1ccc(OC(F)(F)F)cc1. The quantitative estimate of drug-likeness (QED) is 0.712. The van der Waals surface area contributed by atoms with Gasteiger partial charge in [0.25, 0.3) is 0 Å². The summed E-state index contributed by atoms with van der Waals surface area (Å²) in [4.78, 5) is 22.1. The van der Waals surface area contributed by atoms with Gasteiger partial charge in [-0.05, 0) is 17.7 Å². The molecule has 5 N–H and O–H groups in total. The van der Waals surface area contributed by atoms with E-state index in [0.717, 1.165) is 12.1 Å². The van der Waals surface area contributed by atoms with Gasteiger partial charge in [-0.15, -0.1) is 25.6 Å². The zero-order valence-corrected chi connectivity index (χ0v) is 12.0. The summed E-state index contributed by atoms with van der Waals surface area (Å²) in [5.74, 6) is -1.64. The summed E-state index contributed by atoms with van der Waals surface area (Å²) in [6.45, 7) is 0.0532. The highest BCUT2D eigenvalue weighted by Crippen LogP contribution is 2.22. The number of rotatable bonds is 6. The van der Waals surface area contributed by atoms with Gasteiger partial charge >= 0.3 is 6.36 Å². The molecule has 0 heterocycles. The van der Waals surface area contributed by atoms with E-state index in [1.165, 1.54) is 12.1 Å². The van der Waals surface area contributed by atoms with Crippen LogP contribution < -0.4 is 21.5 Å².